The zero-order valence-electron chi connectivity index (χ0n) is 12.6. The van der Waals surface area contributed by atoms with Crippen molar-refractivity contribution in [1.29, 1.82) is 0 Å². The summed E-state index contributed by atoms with van der Waals surface area (Å²) in [6.07, 6.45) is 5.10. The Balaban J connectivity index is 1.86. The average Bonchev–Trinajstić information content (AvgIpc) is 2.53. The predicted octanol–water partition coefficient (Wildman–Crippen LogP) is 2.78. The van der Waals surface area contributed by atoms with E-state index >= 15 is 0 Å². The molecule has 2 aromatic rings. The zero-order valence-corrected chi connectivity index (χ0v) is 13.4. The van der Waals surface area contributed by atoms with E-state index in [4.69, 9.17) is 5.73 Å². The fourth-order valence-electron chi connectivity index (χ4n) is 3.18. The van der Waals surface area contributed by atoms with Crippen LogP contribution in [-0.4, -0.2) is 20.5 Å². The summed E-state index contributed by atoms with van der Waals surface area (Å²) in [5, 5.41) is 1.66. The summed E-state index contributed by atoms with van der Waals surface area (Å²) in [7, 11) is -3.55. The monoisotopic (exact) mass is 318 g/mol. The van der Waals surface area contributed by atoms with Gasteiger partial charge in [-0.05, 0) is 24.3 Å². The van der Waals surface area contributed by atoms with Crippen molar-refractivity contribution in [3.63, 3.8) is 0 Å². The molecule has 1 saturated carbocycles. The lowest BCUT2D eigenvalue weighted by Gasteiger charge is -2.33. The predicted molar refractivity (Wildman–Crippen MR) is 89.1 cm³/mol. The minimum absolute atomic E-state index is 0.304. The molecular formula is C17H22N2O2S. The molecule has 2 aromatic carbocycles. The van der Waals surface area contributed by atoms with Crippen molar-refractivity contribution >= 4 is 20.8 Å². The highest BCUT2D eigenvalue weighted by atomic mass is 32.2. The molecule has 22 heavy (non-hydrogen) atoms. The third kappa shape index (κ3) is 3.16. The Hall–Kier alpha value is -1.43. The third-order valence-corrected chi connectivity index (χ3v) is 5.96. The number of hydrogen-bond donors (Lipinski definition) is 2. The fourth-order valence-corrected chi connectivity index (χ4v) is 4.55. The molecule has 1 aliphatic carbocycles. The molecule has 5 heteroatoms. The molecule has 0 spiro atoms. The van der Waals surface area contributed by atoms with Crippen LogP contribution in [0.15, 0.2) is 47.4 Å². The molecule has 1 fully saturated rings. The van der Waals surface area contributed by atoms with Crippen molar-refractivity contribution < 1.29 is 8.42 Å². The van der Waals surface area contributed by atoms with E-state index < -0.39 is 15.6 Å². The molecule has 0 heterocycles. The number of fused-ring (bicyclic) bond motifs is 1. The van der Waals surface area contributed by atoms with E-state index in [-0.39, 0.29) is 0 Å². The third-order valence-electron chi connectivity index (χ3n) is 4.50. The van der Waals surface area contributed by atoms with Gasteiger partial charge in [0, 0.05) is 17.5 Å². The van der Waals surface area contributed by atoms with Crippen LogP contribution in [0, 0.1) is 0 Å². The van der Waals surface area contributed by atoms with Crippen LogP contribution in [0.1, 0.15) is 32.1 Å². The lowest BCUT2D eigenvalue weighted by Crippen LogP contribution is -2.51. The van der Waals surface area contributed by atoms with Crippen molar-refractivity contribution in [3.8, 4) is 0 Å². The van der Waals surface area contributed by atoms with Crippen LogP contribution in [0.3, 0.4) is 0 Å². The second kappa shape index (κ2) is 5.99. The van der Waals surface area contributed by atoms with Crippen LogP contribution in [0.25, 0.3) is 10.8 Å². The van der Waals surface area contributed by atoms with E-state index in [0.29, 0.717) is 11.4 Å². The number of hydrogen-bond acceptors (Lipinski definition) is 3. The van der Waals surface area contributed by atoms with E-state index in [1.807, 2.05) is 30.3 Å². The molecule has 0 atom stereocenters. The van der Waals surface area contributed by atoms with Gasteiger partial charge in [-0.15, -0.1) is 0 Å². The van der Waals surface area contributed by atoms with Crippen LogP contribution in [0.4, 0.5) is 0 Å². The first kappa shape index (κ1) is 15.5. The molecule has 0 amide bonds. The Morgan fingerprint density at radius 3 is 2.45 bits per heavy atom. The smallest absolute Gasteiger partial charge is 0.241 e. The summed E-state index contributed by atoms with van der Waals surface area (Å²) < 4.78 is 28.1. The molecule has 1 aliphatic rings. The summed E-state index contributed by atoms with van der Waals surface area (Å²) in [6.45, 7) is 0.304. The second-order valence-electron chi connectivity index (χ2n) is 6.22. The van der Waals surface area contributed by atoms with E-state index in [9.17, 15) is 8.42 Å². The van der Waals surface area contributed by atoms with E-state index in [2.05, 4.69) is 4.72 Å². The molecule has 4 nitrogen and oxygen atoms in total. The standard InChI is InChI=1S/C17H22N2O2S/c18-17(11-4-1-5-12-17)13-19-22(20,21)16-10-6-8-14-7-2-3-9-15(14)16/h2-3,6-10,19H,1,4-5,11-13,18H2. The van der Waals surface area contributed by atoms with Gasteiger partial charge in [-0.25, -0.2) is 13.1 Å². The van der Waals surface area contributed by atoms with E-state index in [1.54, 1.807) is 12.1 Å². The lowest BCUT2D eigenvalue weighted by molar-refractivity contribution is 0.296. The molecule has 0 saturated heterocycles. The van der Waals surface area contributed by atoms with Crippen LogP contribution >= 0.6 is 0 Å². The van der Waals surface area contributed by atoms with Gasteiger partial charge in [-0.1, -0.05) is 55.7 Å². The minimum atomic E-state index is -3.55. The van der Waals surface area contributed by atoms with Crippen LogP contribution in [-0.2, 0) is 10.0 Å². The van der Waals surface area contributed by atoms with Gasteiger partial charge in [0.1, 0.15) is 0 Å². The van der Waals surface area contributed by atoms with Gasteiger partial charge < -0.3 is 5.73 Å². The van der Waals surface area contributed by atoms with E-state index in [0.717, 1.165) is 36.5 Å². The van der Waals surface area contributed by atoms with Crippen LogP contribution < -0.4 is 10.5 Å². The first-order chi connectivity index (χ1) is 10.5. The highest BCUT2D eigenvalue weighted by Crippen LogP contribution is 2.27. The highest BCUT2D eigenvalue weighted by Gasteiger charge is 2.29. The lowest BCUT2D eigenvalue weighted by atomic mass is 9.83. The Kier molecular flexibility index (Phi) is 4.21. The fraction of sp³-hybridized carbons (Fsp3) is 0.412. The van der Waals surface area contributed by atoms with Crippen molar-refractivity contribution in [2.24, 2.45) is 5.73 Å². The largest absolute Gasteiger partial charge is 0.324 e. The molecule has 0 aliphatic heterocycles. The Bertz CT molecular complexity index is 760. The SMILES string of the molecule is NC1(CNS(=O)(=O)c2cccc3ccccc23)CCCCC1. The molecule has 0 radical (unpaired) electrons. The topological polar surface area (TPSA) is 72.2 Å². The number of sulfonamides is 1. The number of nitrogens with two attached hydrogens (primary N) is 1. The van der Waals surface area contributed by atoms with Crippen molar-refractivity contribution in [2.75, 3.05) is 6.54 Å². The number of rotatable bonds is 4. The Labute approximate surface area is 131 Å². The summed E-state index contributed by atoms with van der Waals surface area (Å²) in [5.74, 6) is 0. The zero-order chi connectivity index (χ0) is 15.6. The second-order valence-corrected chi connectivity index (χ2v) is 7.96. The van der Waals surface area contributed by atoms with Gasteiger partial charge in [0.05, 0.1) is 4.90 Å². The average molecular weight is 318 g/mol. The quantitative estimate of drug-likeness (QED) is 0.910. The molecule has 3 rings (SSSR count). The van der Waals surface area contributed by atoms with Crippen molar-refractivity contribution in [3.05, 3.63) is 42.5 Å². The maximum atomic E-state index is 12.7. The minimum Gasteiger partial charge on any atom is -0.324 e. The van der Waals surface area contributed by atoms with Gasteiger partial charge in [-0.2, -0.15) is 0 Å². The number of benzene rings is 2. The Morgan fingerprint density at radius 1 is 1.00 bits per heavy atom. The van der Waals surface area contributed by atoms with Gasteiger partial charge >= 0.3 is 0 Å². The first-order valence-corrected chi connectivity index (χ1v) is 9.25. The van der Waals surface area contributed by atoms with Crippen LogP contribution in [0.5, 0.6) is 0 Å². The maximum absolute atomic E-state index is 12.7. The molecule has 0 aromatic heterocycles. The molecular weight excluding hydrogens is 296 g/mol. The molecule has 118 valence electrons. The molecule has 0 bridgehead atoms. The highest BCUT2D eigenvalue weighted by molar-refractivity contribution is 7.89. The summed E-state index contributed by atoms with van der Waals surface area (Å²) in [5.41, 5.74) is 5.92. The normalized spacial score (nSPS) is 18.4. The van der Waals surface area contributed by atoms with Gasteiger partial charge in [0.15, 0.2) is 0 Å². The van der Waals surface area contributed by atoms with Gasteiger partial charge in [0.25, 0.3) is 0 Å². The van der Waals surface area contributed by atoms with Gasteiger partial charge in [-0.3, -0.25) is 0 Å². The maximum Gasteiger partial charge on any atom is 0.241 e. The van der Waals surface area contributed by atoms with Crippen molar-refractivity contribution in [2.45, 2.75) is 42.5 Å². The summed E-state index contributed by atoms with van der Waals surface area (Å²) >= 11 is 0. The molecule has 3 N–H and O–H groups in total. The van der Waals surface area contributed by atoms with Gasteiger partial charge in [0.2, 0.25) is 10.0 Å². The van der Waals surface area contributed by atoms with Crippen molar-refractivity contribution in [1.82, 2.24) is 4.72 Å². The molecule has 0 unspecified atom stereocenters. The van der Waals surface area contributed by atoms with E-state index in [1.165, 1.54) is 6.42 Å². The number of nitrogens with one attached hydrogen (secondary N) is 1. The summed E-state index contributed by atoms with van der Waals surface area (Å²) in [6, 6.07) is 12.9. The Morgan fingerprint density at radius 2 is 1.68 bits per heavy atom. The summed E-state index contributed by atoms with van der Waals surface area (Å²) in [4.78, 5) is 0.324. The van der Waals surface area contributed by atoms with Crippen LogP contribution in [0.2, 0.25) is 0 Å². The first-order valence-electron chi connectivity index (χ1n) is 7.77.